The lowest BCUT2D eigenvalue weighted by atomic mass is 9.81. The van der Waals surface area contributed by atoms with Gasteiger partial charge in [-0.1, -0.05) is 30.3 Å². The van der Waals surface area contributed by atoms with Crippen molar-refractivity contribution in [1.29, 1.82) is 0 Å². The van der Waals surface area contributed by atoms with Gasteiger partial charge in [-0.2, -0.15) is 0 Å². The van der Waals surface area contributed by atoms with E-state index < -0.39 is 0 Å². The molecular formula is C24H32N2O2. The Kier molecular flexibility index (Phi) is 5.61. The number of hydrogen-bond acceptors (Lipinski definition) is 4. The van der Waals surface area contributed by atoms with Crippen molar-refractivity contribution >= 4 is 0 Å². The first-order chi connectivity index (χ1) is 13.6. The van der Waals surface area contributed by atoms with Crippen molar-refractivity contribution in [3.05, 3.63) is 59.7 Å². The van der Waals surface area contributed by atoms with Gasteiger partial charge in [0.1, 0.15) is 17.1 Å². The fourth-order valence-corrected chi connectivity index (χ4v) is 4.75. The zero-order valence-corrected chi connectivity index (χ0v) is 17.4. The highest BCUT2D eigenvalue weighted by atomic mass is 16.5. The van der Waals surface area contributed by atoms with E-state index in [0.717, 1.165) is 44.0 Å². The van der Waals surface area contributed by atoms with Gasteiger partial charge in [0.05, 0.1) is 7.11 Å². The van der Waals surface area contributed by atoms with E-state index in [0.29, 0.717) is 6.04 Å². The van der Waals surface area contributed by atoms with Crippen molar-refractivity contribution in [3.8, 4) is 11.5 Å². The Labute approximate surface area is 169 Å². The molecule has 1 saturated carbocycles. The molecule has 0 N–H and O–H groups in total. The Bertz CT molecular complexity index is 797. The zero-order chi connectivity index (χ0) is 19.6. The molecule has 0 unspecified atom stereocenters. The highest BCUT2D eigenvalue weighted by Crippen LogP contribution is 2.39. The van der Waals surface area contributed by atoms with Crippen LogP contribution in [0.15, 0.2) is 48.5 Å². The second-order valence-electron chi connectivity index (χ2n) is 8.58. The molecule has 1 aliphatic carbocycles. The van der Waals surface area contributed by atoms with E-state index in [-0.39, 0.29) is 5.60 Å². The van der Waals surface area contributed by atoms with E-state index in [1.54, 1.807) is 7.11 Å². The third kappa shape index (κ3) is 4.18. The first-order valence-electron chi connectivity index (χ1n) is 10.4. The molecule has 0 radical (unpaired) electrons. The van der Waals surface area contributed by atoms with Gasteiger partial charge >= 0.3 is 0 Å². The van der Waals surface area contributed by atoms with Gasteiger partial charge in [0.15, 0.2) is 0 Å². The van der Waals surface area contributed by atoms with Crippen molar-refractivity contribution < 1.29 is 9.47 Å². The lowest BCUT2D eigenvalue weighted by Crippen LogP contribution is -2.50. The second kappa shape index (κ2) is 8.14. The first kappa shape index (κ1) is 19.3. The molecule has 1 aliphatic heterocycles. The molecule has 2 aromatic carbocycles. The summed E-state index contributed by atoms with van der Waals surface area (Å²) in [6, 6.07) is 17.6. The molecule has 4 heteroatoms. The van der Waals surface area contributed by atoms with Gasteiger partial charge in [0.25, 0.3) is 0 Å². The molecular weight excluding hydrogens is 348 g/mol. The van der Waals surface area contributed by atoms with Crippen LogP contribution in [0.2, 0.25) is 0 Å². The molecule has 0 atom stereocenters. The van der Waals surface area contributed by atoms with Crippen LogP contribution in [0.25, 0.3) is 0 Å². The topological polar surface area (TPSA) is 24.9 Å². The number of methoxy groups -OCH3 is 1. The van der Waals surface area contributed by atoms with Crippen LogP contribution in [-0.2, 0) is 13.1 Å². The van der Waals surface area contributed by atoms with Crippen LogP contribution in [0.4, 0.5) is 0 Å². The van der Waals surface area contributed by atoms with Crippen LogP contribution in [0.1, 0.15) is 36.8 Å². The maximum Gasteiger partial charge on any atom is 0.124 e. The summed E-state index contributed by atoms with van der Waals surface area (Å²) in [6.45, 7) is 2.80. The van der Waals surface area contributed by atoms with Crippen molar-refractivity contribution in [3.63, 3.8) is 0 Å². The highest BCUT2D eigenvalue weighted by Gasteiger charge is 2.41. The number of nitrogens with zero attached hydrogens (tertiary/aromatic N) is 2. The predicted octanol–water partition coefficient (Wildman–Crippen LogP) is 4.33. The Morgan fingerprint density at radius 1 is 1.11 bits per heavy atom. The number of benzene rings is 2. The lowest BCUT2D eigenvalue weighted by molar-refractivity contribution is -0.0135. The number of ether oxygens (including phenoxy) is 2. The standard InChI is InChI=1S/C24H32N2O2/c1-25(2)21-11-13-24(14-12-21)18-26(16-19-7-6-9-22(15-19)27-3)17-20-8-4-5-10-23(20)28-24/h4-10,15,21H,11-14,16-18H2,1-3H3. The molecule has 4 nitrogen and oxygen atoms in total. The molecule has 0 amide bonds. The largest absolute Gasteiger partial charge is 0.497 e. The fourth-order valence-electron chi connectivity index (χ4n) is 4.75. The van der Waals surface area contributed by atoms with Gasteiger partial charge in [0.2, 0.25) is 0 Å². The van der Waals surface area contributed by atoms with Gasteiger partial charge in [0, 0.05) is 31.2 Å². The summed E-state index contributed by atoms with van der Waals surface area (Å²) < 4.78 is 12.2. The molecule has 150 valence electrons. The van der Waals surface area contributed by atoms with Crippen LogP contribution >= 0.6 is 0 Å². The van der Waals surface area contributed by atoms with Gasteiger partial charge in [-0.05, 0) is 63.5 Å². The van der Waals surface area contributed by atoms with Crippen LogP contribution < -0.4 is 9.47 Å². The van der Waals surface area contributed by atoms with Crippen molar-refractivity contribution in [2.45, 2.75) is 50.4 Å². The van der Waals surface area contributed by atoms with Crippen LogP contribution in [0.3, 0.4) is 0 Å². The molecule has 0 aromatic heterocycles. The minimum atomic E-state index is -0.0853. The minimum Gasteiger partial charge on any atom is -0.497 e. The third-order valence-corrected chi connectivity index (χ3v) is 6.34. The summed E-state index contributed by atoms with van der Waals surface area (Å²) >= 11 is 0. The molecule has 1 spiro atoms. The summed E-state index contributed by atoms with van der Waals surface area (Å²) in [5.41, 5.74) is 2.49. The van der Waals surface area contributed by atoms with Gasteiger partial charge in [-0.3, -0.25) is 4.90 Å². The van der Waals surface area contributed by atoms with Crippen molar-refractivity contribution in [2.75, 3.05) is 27.7 Å². The summed E-state index contributed by atoms with van der Waals surface area (Å²) in [6.07, 6.45) is 4.61. The van der Waals surface area contributed by atoms with E-state index in [4.69, 9.17) is 9.47 Å². The monoisotopic (exact) mass is 380 g/mol. The summed E-state index contributed by atoms with van der Waals surface area (Å²) in [5.74, 6) is 1.99. The predicted molar refractivity (Wildman–Crippen MR) is 113 cm³/mol. The quantitative estimate of drug-likeness (QED) is 0.788. The summed E-state index contributed by atoms with van der Waals surface area (Å²) in [5, 5.41) is 0. The highest BCUT2D eigenvalue weighted by molar-refractivity contribution is 5.35. The number of para-hydroxylation sites is 1. The third-order valence-electron chi connectivity index (χ3n) is 6.34. The molecule has 0 saturated heterocycles. The minimum absolute atomic E-state index is 0.0853. The van der Waals surface area contributed by atoms with Crippen molar-refractivity contribution in [2.24, 2.45) is 0 Å². The average molecular weight is 381 g/mol. The lowest BCUT2D eigenvalue weighted by Gasteiger charge is -2.43. The number of hydrogen-bond donors (Lipinski definition) is 0. The molecule has 2 aromatic rings. The molecule has 1 heterocycles. The fraction of sp³-hybridized carbons (Fsp3) is 0.500. The van der Waals surface area contributed by atoms with Crippen LogP contribution in [0, 0.1) is 0 Å². The molecule has 4 rings (SSSR count). The number of rotatable bonds is 4. The van der Waals surface area contributed by atoms with E-state index >= 15 is 0 Å². The van der Waals surface area contributed by atoms with E-state index in [2.05, 4.69) is 66.4 Å². The molecule has 28 heavy (non-hydrogen) atoms. The molecule has 2 aliphatic rings. The summed E-state index contributed by atoms with van der Waals surface area (Å²) in [4.78, 5) is 4.92. The Balaban J connectivity index is 1.58. The zero-order valence-electron chi connectivity index (χ0n) is 17.4. The van der Waals surface area contributed by atoms with Gasteiger partial charge < -0.3 is 14.4 Å². The second-order valence-corrected chi connectivity index (χ2v) is 8.58. The molecule has 0 bridgehead atoms. The van der Waals surface area contributed by atoms with Gasteiger partial charge in [-0.25, -0.2) is 0 Å². The maximum atomic E-state index is 6.74. The smallest absolute Gasteiger partial charge is 0.124 e. The van der Waals surface area contributed by atoms with E-state index in [1.807, 2.05) is 6.07 Å². The maximum absolute atomic E-state index is 6.74. The Hall–Kier alpha value is -2.04. The van der Waals surface area contributed by atoms with E-state index in [1.165, 1.54) is 24.0 Å². The van der Waals surface area contributed by atoms with Crippen molar-refractivity contribution in [1.82, 2.24) is 9.80 Å². The van der Waals surface area contributed by atoms with Gasteiger partial charge in [-0.15, -0.1) is 0 Å². The van der Waals surface area contributed by atoms with E-state index in [9.17, 15) is 0 Å². The number of fused-ring (bicyclic) bond motifs is 1. The SMILES string of the molecule is COc1cccc(CN2Cc3ccccc3OC3(CCC(N(C)C)CC3)C2)c1. The Morgan fingerprint density at radius 2 is 1.89 bits per heavy atom. The first-order valence-corrected chi connectivity index (χ1v) is 10.4. The van der Waals surface area contributed by atoms with Crippen LogP contribution in [-0.4, -0.2) is 49.2 Å². The molecule has 1 fully saturated rings. The normalized spacial score (nSPS) is 25.2. The van der Waals surface area contributed by atoms with Crippen LogP contribution in [0.5, 0.6) is 11.5 Å². The average Bonchev–Trinajstić information content (AvgIpc) is 2.84. The Morgan fingerprint density at radius 3 is 2.64 bits per heavy atom. The summed E-state index contributed by atoms with van der Waals surface area (Å²) in [7, 11) is 6.12.